The first-order valence-corrected chi connectivity index (χ1v) is 9.10. The Bertz CT molecular complexity index is 487. The van der Waals surface area contributed by atoms with Crippen molar-refractivity contribution in [1.29, 1.82) is 0 Å². The van der Waals surface area contributed by atoms with Gasteiger partial charge in [0.2, 0.25) is 0 Å². The Hall–Kier alpha value is -0.540. The van der Waals surface area contributed by atoms with Gasteiger partial charge in [-0.05, 0) is 32.9 Å². The van der Waals surface area contributed by atoms with Crippen molar-refractivity contribution in [2.45, 2.75) is 33.2 Å². The summed E-state index contributed by atoms with van der Waals surface area (Å²) in [6.07, 6.45) is 1.88. The Morgan fingerprint density at radius 2 is 2.15 bits per heavy atom. The van der Waals surface area contributed by atoms with Crippen molar-refractivity contribution in [2.75, 3.05) is 26.7 Å². The lowest BCUT2D eigenvalue weighted by molar-refractivity contribution is 0.444. The SMILES string of the molecule is CCCNCCCN(C)S(=O)(=O)NCc1csc(C)n1. The summed E-state index contributed by atoms with van der Waals surface area (Å²) >= 11 is 1.52. The van der Waals surface area contributed by atoms with Crippen LogP contribution in [0.4, 0.5) is 0 Å². The summed E-state index contributed by atoms with van der Waals surface area (Å²) in [5.74, 6) is 0. The molecule has 0 amide bonds. The molecule has 1 heterocycles. The highest BCUT2D eigenvalue weighted by molar-refractivity contribution is 7.87. The third-order valence-electron chi connectivity index (χ3n) is 2.77. The second-order valence-corrected chi connectivity index (χ2v) is 7.53. The predicted octanol–water partition coefficient (Wildman–Crippen LogP) is 1.11. The van der Waals surface area contributed by atoms with Crippen molar-refractivity contribution in [3.63, 3.8) is 0 Å². The van der Waals surface area contributed by atoms with Gasteiger partial charge in [-0.1, -0.05) is 6.92 Å². The van der Waals surface area contributed by atoms with E-state index in [2.05, 4.69) is 21.9 Å². The van der Waals surface area contributed by atoms with Gasteiger partial charge < -0.3 is 5.32 Å². The van der Waals surface area contributed by atoms with E-state index in [1.807, 2.05) is 12.3 Å². The Labute approximate surface area is 125 Å². The average Bonchev–Trinajstić information content (AvgIpc) is 2.82. The molecule has 0 bridgehead atoms. The first-order chi connectivity index (χ1) is 9.45. The highest BCUT2D eigenvalue weighted by atomic mass is 32.2. The third kappa shape index (κ3) is 6.27. The quantitative estimate of drug-likeness (QED) is 0.633. The van der Waals surface area contributed by atoms with Crippen molar-refractivity contribution in [1.82, 2.24) is 19.3 Å². The van der Waals surface area contributed by atoms with E-state index in [9.17, 15) is 8.42 Å². The maximum Gasteiger partial charge on any atom is 0.279 e. The number of aryl methyl sites for hydroxylation is 1. The Morgan fingerprint density at radius 3 is 2.75 bits per heavy atom. The molecule has 20 heavy (non-hydrogen) atoms. The zero-order valence-corrected chi connectivity index (χ0v) is 14.0. The fourth-order valence-corrected chi connectivity index (χ4v) is 3.15. The van der Waals surface area contributed by atoms with E-state index in [4.69, 9.17) is 0 Å². The Balaban J connectivity index is 2.31. The fraction of sp³-hybridized carbons (Fsp3) is 0.750. The van der Waals surface area contributed by atoms with Crippen LogP contribution in [0.1, 0.15) is 30.5 Å². The zero-order chi connectivity index (χ0) is 15.0. The van der Waals surface area contributed by atoms with Gasteiger partial charge in [0, 0.05) is 19.0 Å². The summed E-state index contributed by atoms with van der Waals surface area (Å²) in [6.45, 7) is 6.55. The molecular formula is C12H24N4O2S2. The van der Waals surface area contributed by atoms with E-state index in [0.717, 1.165) is 36.6 Å². The molecule has 0 atom stereocenters. The van der Waals surface area contributed by atoms with Gasteiger partial charge in [0.1, 0.15) is 0 Å². The lowest BCUT2D eigenvalue weighted by Gasteiger charge is -2.17. The smallest absolute Gasteiger partial charge is 0.279 e. The van der Waals surface area contributed by atoms with Crippen LogP contribution in [-0.2, 0) is 16.8 Å². The predicted molar refractivity (Wildman–Crippen MR) is 83.0 cm³/mol. The van der Waals surface area contributed by atoms with Gasteiger partial charge in [-0.2, -0.15) is 17.4 Å². The Kier molecular flexibility index (Phi) is 7.60. The highest BCUT2D eigenvalue weighted by Crippen LogP contribution is 2.08. The molecule has 0 fully saturated rings. The number of rotatable bonds is 10. The molecule has 0 unspecified atom stereocenters. The molecule has 1 rings (SSSR count). The summed E-state index contributed by atoms with van der Waals surface area (Å²) in [4.78, 5) is 4.23. The van der Waals surface area contributed by atoms with E-state index in [1.165, 1.54) is 15.6 Å². The van der Waals surface area contributed by atoms with Gasteiger partial charge in [0.15, 0.2) is 0 Å². The van der Waals surface area contributed by atoms with E-state index in [1.54, 1.807) is 7.05 Å². The summed E-state index contributed by atoms with van der Waals surface area (Å²) < 4.78 is 27.9. The first kappa shape index (κ1) is 17.5. The molecule has 0 aliphatic rings. The van der Waals surface area contributed by atoms with Crippen LogP contribution in [0.2, 0.25) is 0 Å². The van der Waals surface area contributed by atoms with Gasteiger partial charge in [0.25, 0.3) is 10.2 Å². The van der Waals surface area contributed by atoms with Crippen LogP contribution in [0.15, 0.2) is 5.38 Å². The average molecular weight is 320 g/mol. The Morgan fingerprint density at radius 1 is 1.40 bits per heavy atom. The monoisotopic (exact) mass is 320 g/mol. The molecule has 0 radical (unpaired) electrons. The minimum atomic E-state index is -3.42. The number of aromatic nitrogens is 1. The number of thiazole rings is 1. The van der Waals surface area contributed by atoms with Crippen LogP contribution < -0.4 is 10.0 Å². The number of nitrogens with one attached hydrogen (secondary N) is 2. The molecule has 1 aromatic heterocycles. The molecule has 0 aliphatic heterocycles. The standard InChI is InChI=1S/C12H24N4O2S2/c1-4-6-13-7-5-8-16(3)20(17,18)14-9-12-10-19-11(2)15-12/h10,13-14H,4-9H2,1-3H3. The zero-order valence-electron chi connectivity index (χ0n) is 12.3. The van der Waals surface area contributed by atoms with E-state index < -0.39 is 10.2 Å². The van der Waals surface area contributed by atoms with Crippen molar-refractivity contribution >= 4 is 21.5 Å². The minimum Gasteiger partial charge on any atom is -0.317 e. The van der Waals surface area contributed by atoms with Crippen LogP contribution in [-0.4, -0.2) is 44.4 Å². The third-order valence-corrected chi connectivity index (χ3v) is 5.10. The van der Waals surface area contributed by atoms with Gasteiger partial charge >= 0.3 is 0 Å². The van der Waals surface area contributed by atoms with Gasteiger partial charge in [0.05, 0.1) is 17.2 Å². The number of hydrogen-bond donors (Lipinski definition) is 2. The molecule has 0 spiro atoms. The highest BCUT2D eigenvalue weighted by Gasteiger charge is 2.16. The molecule has 2 N–H and O–H groups in total. The maximum atomic E-state index is 12.0. The van der Waals surface area contributed by atoms with E-state index >= 15 is 0 Å². The van der Waals surface area contributed by atoms with Crippen LogP contribution in [0.3, 0.4) is 0 Å². The number of hydrogen-bond acceptors (Lipinski definition) is 5. The minimum absolute atomic E-state index is 0.241. The molecule has 0 aromatic carbocycles. The normalized spacial score (nSPS) is 12.2. The summed E-state index contributed by atoms with van der Waals surface area (Å²) in [6, 6.07) is 0. The number of nitrogens with zero attached hydrogens (tertiary/aromatic N) is 2. The molecule has 116 valence electrons. The van der Waals surface area contributed by atoms with Gasteiger partial charge in [-0.3, -0.25) is 0 Å². The maximum absolute atomic E-state index is 12.0. The van der Waals surface area contributed by atoms with Crippen molar-refractivity contribution in [2.24, 2.45) is 0 Å². The van der Waals surface area contributed by atoms with Crippen LogP contribution in [0, 0.1) is 6.92 Å². The molecular weight excluding hydrogens is 296 g/mol. The topological polar surface area (TPSA) is 74.3 Å². The van der Waals surface area contributed by atoms with Crippen molar-refractivity contribution in [3.05, 3.63) is 16.1 Å². The molecule has 0 saturated heterocycles. The lowest BCUT2D eigenvalue weighted by Crippen LogP contribution is -2.39. The second kappa shape index (κ2) is 8.68. The van der Waals surface area contributed by atoms with Crippen molar-refractivity contribution in [3.8, 4) is 0 Å². The van der Waals surface area contributed by atoms with Crippen LogP contribution in [0.5, 0.6) is 0 Å². The van der Waals surface area contributed by atoms with Crippen LogP contribution in [0.25, 0.3) is 0 Å². The molecule has 0 aliphatic carbocycles. The summed E-state index contributed by atoms with van der Waals surface area (Å²) in [7, 11) is -1.83. The summed E-state index contributed by atoms with van der Waals surface area (Å²) in [5.41, 5.74) is 0.758. The fourth-order valence-electron chi connectivity index (χ4n) is 1.61. The van der Waals surface area contributed by atoms with E-state index in [-0.39, 0.29) is 6.54 Å². The van der Waals surface area contributed by atoms with Crippen molar-refractivity contribution < 1.29 is 8.42 Å². The van der Waals surface area contributed by atoms with E-state index in [0.29, 0.717) is 6.54 Å². The van der Waals surface area contributed by atoms with Gasteiger partial charge in [-0.15, -0.1) is 11.3 Å². The summed E-state index contributed by atoms with van der Waals surface area (Å²) in [5, 5.41) is 6.06. The first-order valence-electron chi connectivity index (χ1n) is 6.78. The molecule has 0 saturated carbocycles. The van der Waals surface area contributed by atoms with Crippen LogP contribution >= 0.6 is 11.3 Å². The molecule has 6 nitrogen and oxygen atoms in total. The molecule has 8 heteroatoms. The molecule has 1 aromatic rings. The largest absolute Gasteiger partial charge is 0.317 e. The lowest BCUT2D eigenvalue weighted by atomic mass is 10.4. The second-order valence-electron chi connectivity index (χ2n) is 4.61. The van der Waals surface area contributed by atoms with Gasteiger partial charge in [-0.25, -0.2) is 4.98 Å².